The number of methoxy groups -OCH3 is 1. The zero-order chi connectivity index (χ0) is 16.9. The predicted molar refractivity (Wildman–Crippen MR) is 90.4 cm³/mol. The molecule has 0 amide bonds. The van der Waals surface area contributed by atoms with Crippen molar-refractivity contribution < 1.29 is 14.3 Å². The lowest BCUT2D eigenvalue weighted by Crippen LogP contribution is -2.11. The Balaban J connectivity index is 1.84. The molecule has 120 valence electrons. The average molecular weight is 341 g/mol. The minimum Gasteiger partial charge on any atom is -0.497 e. The average Bonchev–Trinajstić information content (AvgIpc) is 2.62. The van der Waals surface area contributed by atoms with Gasteiger partial charge in [0.2, 0.25) is 0 Å². The second-order valence-corrected chi connectivity index (χ2v) is 5.30. The van der Waals surface area contributed by atoms with E-state index in [1.807, 2.05) is 12.1 Å². The lowest BCUT2D eigenvalue weighted by molar-refractivity contribution is 0.0728. The fraction of sp³-hybridized carbons (Fsp3) is 0.0556. The molecule has 0 fully saturated rings. The monoisotopic (exact) mass is 340 g/mol. The molecular formula is C18H13ClN2O3. The number of carbonyl (C=O) groups excluding carboxylic acids is 1. The summed E-state index contributed by atoms with van der Waals surface area (Å²) in [6.45, 7) is 0. The van der Waals surface area contributed by atoms with E-state index in [0.29, 0.717) is 22.2 Å². The van der Waals surface area contributed by atoms with E-state index in [1.54, 1.807) is 49.6 Å². The molecule has 6 heteroatoms. The van der Waals surface area contributed by atoms with Crippen molar-refractivity contribution >= 4 is 17.6 Å². The van der Waals surface area contributed by atoms with E-state index in [0.717, 1.165) is 5.56 Å². The van der Waals surface area contributed by atoms with E-state index in [9.17, 15) is 4.79 Å². The Morgan fingerprint density at radius 1 is 1.00 bits per heavy atom. The second-order valence-electron chi connectivity index (χ2n) is 4.87. The molecule has 0 saturated carbocycles. The van der Waals surface area contributed by atoms with Gasteiger partial charge in [0.05, 0.1) is 12.8 Å². The number of ether oxygens (including phenoxy) is 2. The van der Waals surface area contributed by atoms with Crippen LogP contribution in [0.2, 0.25) is 5.02 Å². The molecule has 0 aliphatic rings. The number of aromatic nitrogens is 2. The topological polar surface area (TPSA) is 61.3 Å². The van der Waals surface area contributed by atoms with Gasteiger partial charge in [0, 0.05) is 16.7 Å². The Kier molecular flexibility index (Phi) is 4.72. The molecule has 0 radical (unpaired) electrons. The van der Waals surface area contributed by atoms with Gasteiger partial charge in [-0.2, -0.15) is 0 Å². The number of esters is 1. The fourth-order valence-electron chi connectivity index (χ4n) is 2.10. The van der Waals surface area contributed by atoms with Gasteiger partial charge in [-0.1, -0.05) is 29.8 Å². The highest BCUT2D eigenvalue weighted by Gasteiger charge is 2.13. The van der Waals surface area contributed by atoms with Gasteiger partial charge in [-0.3, -0.25) is 0 Å². The third-order valence-electron chi connectivity index (χ3n) is 3.25. The van der Waals surface area contributed by atoms with Crippen molar-refractivity contribution in [3.8, 4) is 22.8 Å². The van der Waals surface area contributed by atoms with Crippen molar-refractivity contribution in [1.29, 1.82) is 0 Å². The first-order chi connectivity index (χ1) is 11.7. The maximum Gasteiger partial charge on any atom is 0.362 e. The molecule has 0 spiro atoms. The van der Waals surface area contributed by atoms with E-state index in [4.69, 9.17) is 21.1 Å². The van der Waals surface area contributed by atoms with Crippen LogP contribution in [-0.2, 0) is 0 Å². The first-order valence-electron chi connectivity index (χ1n) is 7.10. The Morgan fingerprint density at radius 2 is 1.79 bits per heavy atom. The van der Waals surface area contributed by atoms with Crippen LogP contribution in [0.15, 0.2) is 60.9 Å². The number of rotatable bonds is 4. The molecule has 0 atom stereocenters. The second kappa shape index (κ2) is 7.10. The van der Waals surface area contributed by atoms with Crippen molar-refractivity contribution in [2.75, 3.05) is 7.11 Å². The molecule has 1 heterocycles. The van der Waals surface area contributed by atoms with Gasteiger partial charge < -0.3 is 9.47 Å². The van der Waals surface area contributed by atoms with Crippen LogP contribution >= 0.6 is 11.6 Å². The van der Waals surface area contributed by atoms with Crippen molar-refractivity contribution in [3.63, 3.8) is 0 Å². The normalized spacial score (nSPS) is 10.2. The largest absolute Gasteiger partial charge is 0.497 e. The number of nitrogens with zero attached hydrogens (tertiary/aromatic N) is 2. The number of halogens is 1. The third-order valence-corrected chi connectivity index (χ3v) is 3.48. The molecule has 2 aromatic carbocycles. The molecule has 5 nitrogen and oxygen atoms in total. The van der Waals surface area contributed by atoms with Crippen LogP contribution in [0.1, 0.15) is 10.5 Å². The highest BCUT2D eigenvalue weighted by Crippen LogP contribution is 2.22. The molecule has 1 aromatic heterocycles. The third kappa shape index (κ3) is 3.70. The van der Waals surface area contributed by atoms with Crippen molar-refractivity contribution in [1.82, 2.24) is 9.97 Å². The van der Waals surface area contributed by atoms with Gasteiger partial charge in [-0.25, -0.2) is 14.8 Å². The molecule has 3 aromatic rings. The molecule has 0 bridgehead atoms. The Labute approximate surface area is 143 Å². The molecule has 0 unspecified atom stereocenters. The SMILES string of the molecule is COc1cccc(OC(=O)c2cc(-c3cccc(Cl)c3)ncn2)c1. The highest BCUT2D eigenvalue weighted by atomic mass is 35.5. The molecule has 3 rings (SSSR count). The quantitative estimate of drug-likeness (QED) is 0.530. The Morgan fingerprint density at radius 3 is 2.58 bits per heavy atom. The molecule has 0 aliphatic heterocycles. The van der Waals surface area contributed by atoms with E-state index in [-0.39, 0.29) is 5.69 Å². The summed E-state index contributed by atoms with van der Waals surface area (Å²) in [4.78, 5) is 20.4. The van der Waals surface area contributed by atoms with E-state index in [1.165, 1.54) is 6.33 Å². The number of hydrogen-bond donors (Lipinski definition) is 0. The summed E-state index contributed by atoms with van der Waals surface area (Å²) in [6, 6.07) is 15.5. The van der Waals surface area contributed by atoms with Crippen LogP contribution in [0.5, 0.6) is 11.5 Å². The van der Waals surface area contributed by atoms with Crippen molar-refractivity contribution in [3.05, 3.63) is 71.6 Å². The van der Waals surface area contributed by atoms with Crippen molar-refractivity contribution in [2.24, 2.45) is 0 Å². The fourth-order valence-corrected chi connectivity index (χ4v) is 2.29. The first kappa shape index (κ1) is 16.0. The summed E-state index contributed by atoms with van der Waals surface area (Å²) in [7, 11) is 1.54. The molecule has 0 saturated heterocycles. The van der Waals surface area contributed by atoms with Crippen LogP contribution in [0.3, 0.4) is 0 Å². The van der Waals surface area contributed by atoms with Crippen molar-refractivity contribution in [2.45, 2.75) is 0 Å². The number of benzene rings is 2. The lowest BCUT2D eigenvalue weighted by atomic mass is 10.1. The zero-order valence-electron chi connectivity index (χ0n) is 12.8. The minimum absolute atomic E-state index is 0.155. The van der Waals surface area contributed by atoms with Crippen LogP contribution in [0, 0.1) is 0 Å². The van der Waals surface area contributed by atoms with Gasteiger partial charge in [0.15, 0.2) is 5.69 Å². The number of carbonyl (C=O) groups is 1. The Hall–Kier alpha value is -2.92. The summed E-state index contributed by atoms with van der Waals surface area (Å²) in [5.74, 6) is 0.402. The summed E-state index contributed by atoms with van der Waals surface area (Å²) in [5.41, 5.74) is 1.54. The maximum atomic E-state index is 12.3. The summed E-state index contributed by atoms with van der Waals surface area (Å²) < 4.78 is 10.4. The maximum absolute atomic E-state index is 12.3. The van der Waals surface area contributed by atoms with Gasteiger partial charge in [0.1, 0.15) is 17.8 Å². The van der Waals surface area contributed by atoms with Crippen LogP contribution in [0.4, 0.5) is 0 Å². The summed E-state index contributed by atoms with van der Waals surface area (Å²) in [6.07, 6.45) is 1.32. The lowest BCUT2D eigenvalue weighted by Gasteiger charge is -2.07. The summed E-state index contributed by atoms with van der Waals surface area (Å²) >= 11 is 5.99. The summed E-state index contributed by atoms with van der Waals surface area (Å²) in [5, 5.41) is 0.589. The first-order valence-corrected chi connectivity index (χ1v) is 7.48. The molecule has 24 heavy (non-hydrogen) atoms. The van der Waals surface area contributed by atoms with Gasteiger partial charge in [-0.05, 0) is 30.3 Å². The van der Waals surface area contributed by atoms with Crippen LogP contribution in [-0.4, -0.2) is 23.0 Å². The number of hydrogen-bond acceptors (Lipinski definition) is 5. The predicted octanol–water partition coefficient (Wildman–Crippen LogP) is 4.02. The molecular weight excluding hydrogens is 328 g/mol. The Bertz CT molecular complexity index is 883. The highest BCUT2D eigenvalue weighted by molar-refractivity contribution is 6.30. The van der Waals surface area contributed by atoms with Crippen LogP contribution in [0.25, 0.3) is 11.3 Å². The minimum atomic E-state index is -0.575. The smallest absolute Gasteiger partial charge is 0.362 e. The zero-order valence-corrected chi connectivity index (χ0v) is 13.5. The van der Waals surface area contributed by atoms with Gasteiger partial charge in [-0.15, -0.1) is 0 Å². The molecule has 0 N–H and O–H groups in total. The van der Waals surface area contributed by atoms with Gasteiger partial charge in [0.25, 0.3) is 0 Å². The van der Waals surface area contributed by atoms with E-state index in [2.05, 4.69) is 9.97 Å². The van der Waals surface area contributed by atoms with E-state index < -0.39 is 5.97 Å². The standard InChI is InChI=1S/C18H13ClN2O3/c1-23-14-6-3-7-15(9-14)24-18(22)17-10-16(20-11-21-17)12-4-2-5-13(19)8-12/h2-11H,1H3. The van der Waals surface area contributed by atoms with E-state index >= 15 is 0 Å². The van der Waals surface area contributed by atoms with Crippen LogP contribution < -0.4 is 9.47 Å². The molecule has 0 aliphatic carbocycles. The van der Waals surface area contributed by atoms with Gasteiger partial charge >= 0.3 is 5.97 Å².